The Morgan fingerprint density at radius 3 is 1.86 bits per heavy atom. The topological polar surface area (TPSA) is 16.4 Å². The molecule has 0 aliphatic carbocycles. The Kier molecular flexibility index (Phi) is 6.39. The van der Waals surface area contributed by atoms with E-state index in [1.165, 1.54) is 42.2 Å². The zero-order valence-electron chi connectivity index (χ0n) is 26.5. The molecule has 0 aliphatic heterocycles. The predicted octanol–water partition coefficient (Wildman–Crippen LogP) is 13.9. The van der Waals surface area contributed by atoms with Crippen molar-refractivity contribution < 1.29 is 4.42 Å². The summed E-state index contributed by atoms with van der Waals surface area (Å²) >= 11 is 1.85. The summed E-state index contributed by atoms with van der Waals surface area (Å²) in [5, 5.41) is 7.23. The van der Waals surface area contributed by atoms with Crippen molar-refractivity contribution >= 4 is 81.3 Å². The molecule has 0 bridgehead atoms. The van der Waals surface area contributed by atoms with Crippen LogP contribution in [0.3, 0.4) is 0 Å². The second-order valence-corrected chi connectivity index (χ2v) is 13.6. The van der Waals surface area contributed by atoms with Gasteiger partial charge in [0.25, 0.3) is 0 Å². The van der Waals surface area contributed by atoms with Crippen molar-refractivity contribution in [3.8, 4) is 22.3 Å². The lowest BCUT2D eigenvalue weighted by atomic mass is 9.98. The van der Waals surface area contributed by atoms with Crippen molar-refractivity contribution in [1.82, 2.24) is 0 Å². The van der Waals surface area contributed by atoms with Gasteiger partial charge in [0.05, 0.1) is 0 Å². The average molecular weight is 644 g/mol. The summed E-state index contributed by atoms with van der Waals surface area (Å²) in [5.74, 6) is 0. The number of benzene rings is 8. The average Bonchev–Trinajstić information content (AvgIpc) is 3.74. The van der Waals surface area contributed by atoms with E-state index in [2.05, 4.69) is 181 Å². The van der Waals surface area contributed by atoms with Gasteiger partial charge in [-0.05, 0) is 82.2 Å². The summed E-state index contributed by atoms with van der Waals surface area (Å²) in [6.07, 6.45) is 0. The van der Waals surface area contributed by atoms with Crippen LogP contribution in [-0.2, 0) is 0 Å². The number of hydrogen-bond donors (Lipinski definition) is 0. The molecule has 230 valence electrons. The van der Waals surface area contributed by atoms with Crippen LogP contribution in [0.25, 0.3) is 75.1 Å². The van der Waals surface area contributed by atoms with Gasteiger partial charge >= 0.3 is 0 Å². The molecule has 0 N–H and O–H groups in total. The fourth-order valence-corrected chi connectivity index (χ4v) is 8.46. The summed E-state index contributed by atoms with van der Waals surface area (Å²) in [7, 11) is 0. The third-order valence-electron chi connectivity index (χ3n) is 9.68. The molecule has 0 aliphatic rings. The Morgan fingerprint density at radius 1 is 0.408 bits per heavy atom. The monoisotopic (exact) mass is 643 g/mol. The molecule has 8 aromatic carbocycles. The Morgan fingerprint density at radius 2 is 1.04 bits per heavy atom. The maximum absolute atomic E-state index is 6.50. The van der Waals surface area contributed by atoms with Crippen LogP contribution in [0, 0.1) is 0 Å². The van der Waals surface area contributed by atoms with Crippen LogP contribution < -0.4 is 4.90 Å². The van der Waals surface area contributed by atoms with E-state index in [0.717, 1.165) is 50.0 Å². The third-order valence-corrected chi connectivity index (χ3v) is 10.8. The van der Waals surface area contributed by atoms with Gasteiger partial charge in [-0.1, -0.05) is 121 Å². The molecule has 10 aromatic rings. The number of thiophene rings is 1. The minimum Gasteiger partial charge on any atom is -0.455 e. The highest BCUT2D eigenvalue weighted by Crippen LogP contribution is 2.43. The predicted molar refractivity (Wildman–Crippen MR) is 210 cm³/mol. The molecule has 0 spiro atoms. The maximum atomic E-state index is 6.50. The lowest BCUT2D eigenvalue weighted by Crippen LogP contribution is -2.09. The second kappa shape index (κ2) is 11.2. The van der Waals surface area contributed by atoms with Crippen molar-refractivity contribution in [2.75, 3.05) is 4.90 Å². The molecule has 0 amide bonds. The Balaban J connectivity index is 1.10. The van der Waals surface area contributed by atoms with E-state index in [1.54, 1.807) is 0 Å². The molecule has 0 saturated heterocycles. The summed E-state index contributed by atoms with van der Waals surface area (Å²) < 4.78 is 9.09. The summed E-state index contributed by atoms with van der Waals surface area (Å²) in [5.41, 5.74) is 9.94. The molecule has 0 atom stereocenters. The first-order valence-electron chi connectivity index (χ1n) is 16.6. The van der Waals surface area contributed by atoms with E-state index in [0.29, 0.717) is 0 Å². The molecular formula is C46H29NOS. The van der Waals surface area contributed by atoms with E-state index in [1.807, 2.05) is 11.3 Å². The van der Waals surface area contributed by atoms with Gasteiger partial charge in [0, 0.05) is 53.4 Å². The van der Waals surface area contributed by atoms with Crippen molar-refractivity contribution in [2.24, 2.45) is 0 Å². The Hall–Kier alpha value is -6.16. The normalized spacial score (nSPS) is 11.7. The third kappa shape index (κ3) is 4.62. The molecule has 0 saturated carbocycles. The fourth-order valence-electron chi connectivity index (χ4n) is 7.32. The van der Waals surface area contributed by atoms with Crippen molar-refractivity contribution in [3.05, 3.63) is 176 Å². The van der Waals surface area contributed by atoms with Crippen molar-refractivity contribution in [3.63, 3.8) is 0 Å². The van der Waals surface area contributed by atoms with E-state index < -0.39 is 0 Å². The highest BCUT2D eigenvalue weighted by atomic mass is 32.1. The Bertz CT molecular complexity index is 2810. The summed E-state index contributed by atoms with van der Waals surface area (Å²) in [6, 6.07) is 63.2. The fraction of sp³-hybridized carbons (Fsp3) is 0. The first-order chi connectivity index (χ1) is 24.3. The highest BCUT2D eigenvalue weighted by molar-refractivity contribution is 7.25. The van der Waals surface area contributed by atoms with E-state index in [-0.39, 0.29) is 0 Å². The first kappa shape index (κ1) is 27.9. The van der Waals surface area contributed by atoms with Crippen LogP contribution in [0.4, 0.5) is 17.1 Å². The van der Waals surface area contributed by atoms with E-state index in [9.17, 15) is 0 Å². The molecule has 0 unspecified atom stereocenters. The second-order valence-electron chi connectivity index (χ2n) is 12.5. The largest absolute Gasteiger partial charge is 0.455 e. The molecule has 0 radical (unpaired) electrons. The van der Waals surface area contributed by atoms with E-state index >= 15 is 0 Å². The van der Waals surface area contributed by atoms with Crippen LogP contribution in [-0.4, -0.2) is 0 Å². The van der Waals surface area contributed by atoms with Gasteiger partial charge in [0.1, 0.15) is 11.2 Å². The minimum atomic E-state index is 0.907. The van der Waals surface area contributed by atoms with Crippen LogP contribution in [0.2, 0.25) is 0 Å². The molecule has 0 fully saturated rings. The maximum Gasteiger partial charge on any atom is 0.143 e. The number of nitrogens with zero attached hydrogens (tertiary/aromatic N) is 1. The molecule has 2 aromatic heterocycles. The SMILES string of the molecule is c1ccc(-c2ccc(N(c3ccc(-c4cccc5oc6c7ccccc7ccc6c45)cc3)c3ccc4c(c3)sc3ccccc34)cc2)cc1. The van der Waals surface area contributed by atoms with Crippen LogP contribution in [0.15, 0.2) is 180 Å². The quantitative estimate of drug-likeness (QED) is 0.186. The highest BCUT2D eigenvalue weighted by Gasteiger charge is 2.18. The standard InChI is InChI=1S/C46H29NOS/c1-2-9-30(10-3-1)31-17-22-34(23-18-31)47(36-26-28-40-39-13-6-7-16-43(39)49-44(40)29-36)35-24-19-33(20-25-35)37-14-8-15-42-45(37)41-27-21-32-11-4-5-12-38(32)46(41)48-42/h1-29H. The van der Waals surface area contributed by atoms with Gasteiger partial charge in [-0.2, -0.15) is 0 Å². The summed E-state index contributed by atoms with van der Waals surface area (Å²) in [6.45, 7) is 0. The smallest absolute Gasteiger partial charge is 0.143 e. The Labute approximate surface area is 287 Å². The van der Waals surface area contributed by atoms with Gasteiger partial charge < -0.3 is 9.32 Å². The number of hydrogen-bond acceptors (Lipinski definition) is 3. The first-order valence-corrected chi connectivity index (χ1v) is 17.4. The number of anilines is 3. The zero-order chi connectivity index (χ0) is 32.3. The molecule has 49 heavy (non-hydrogen) atoms. The molecule has 3 heteroatoms. The molecule has 10 rings (SSSR count). The zero-order valence-corrected chi connectivity index (χ0v) is 27.3. The number of rotatable bonds is 5. The van der Waals surface area contributed by atoms with Gasteiger partial charge in [0.2, 0.25) is 0 Å². The van der Waals surface area contributed by atoms with Crippen molar-refractivity contribution in [2.45, 2.75) is 0 Å². The molecular weight excluding hydrogens is 615 g/mol. The minimum absolute atomic E-state index is 0.907. The molecule has 2 nitrogen and oxygen atoms in total. The van der Waals surface area contributed by atoms with Gasteiger partial charge in [-0.15, -0.1) is 11.3 Å². The molecule has 2 heterocycles. The van der Waals surface area contributed by atoms with Gasteiger partial charge in [0.15, 0.2) is 0 Å². The summed E-state index contributed by atoms with van der Waals surface area (Å²) in [4.78, 5) is 2.36. The van der Waals surface area contributed by atoms with Crippen LogP contribution in [0.5, 0.6) is 0 Å². The van der Waals surface area contributed by atoms with Gasteiger partial charge in [-0.25, -0.2) is 0 Å². The lowest BCUT2D eigenvalue weighted by molar-refractivity contribution is 0.673. The van der Waals surface area contributed by atoms with Crippen LogP contribution in [0.1, 0.15) is 0 Å². The van der Waals surface area contributed by atoms with Gasteiger partial charge in [-0.3, -0.25) is 0 Å². The number of fused-ring (bicyclic) bond motifs is 8. The van der Waals surface area contributed by atoms with Crippen LogP contribution >= 0.6 is 11.3 Å². The van der Waals surface area contributed by atoms with E-state index in [4.69, 9.17) is 4.42 Å². The van der Waals surface area contributed by atoms with Crippen molar-refractivity contribution in [1.29, 1.82) is 0 Å². The number of furan rings is 1. The lowest BCUT2D eigenvalue weighted by Gasteiger charge is -2.26.